The summed E-state index contributed by atoms with van der Waals surface area (Å²) in [5.41, 5.74) is 0.786. The number of rotatable bonds is 9. The molecule has 0 bridgehead atoms. The Morgan fingerprint density at radius 1 is 1.14 bits per heavy atom. The van der Waals surface area contributed by atoms with E-state index in [1.54, 1.807) is 14.0 Å². The molecule has 0 aliphatic carbocycles. The molecule has 2 aromatic rings. The van der Waals surface area contributed by atoms with Gasteiger partial charge in [0.15, 0.2) is 11.5 Å². The molecule has 0 unspecified atom stereocenters. The topological polar surface area (TPSA) is 106 Å². The third-order valence-corrected chi connectivity index (χ3v) is 6.46. The van der Waals surface area contributed by atoms with Crippen LogP contribution in [0.5, 0.6) is 17.2 Å². The van der Waals surface area contributed by atoms with Crippen molar-refractivity contribution in [3.05, 3.63) is 53.6 Å². The van der Waals surface area contributed by atoms with Crippen molar-refractivity contribution in [2.45, 2.75) is 45.2 Å². The molecule has 2 heterocycles. The number of fused-ring (bicyclic) bond motifs is 1. The Labute approximate surface area is 204 Å². The molecule has 0 saturated carbocycles. The maximum Gasteiger partial charge on any atom is 0.325 e. The van der Waals surface area contributed by atoms with Crippen LogP contribution in [0.4, 0.5) is 4.79 Å². The van der Waals surface area contributed by atoms with Crippen LogP contribution in [0.3, 0.4) is 0 Å². The Balaban J connectivity index is 1.38. The summed E-state index contributed by atoms with van der Waals surface area (Å²) in [4.78, 5) is 39.6. The summed E-state index contributed by atoms with van der Waals surface area (Å²) in [6.07, 6.45) is 0.932. The van der Waals surface area contributed by atoms with Crippen molar-refractivity contribution in [2.75, 3.05) is 20.4 Å². The maximum atomic E-state index is 13.1. The van der Waals surface area contributed by atoms with Crippen LogP contribution in [-0.4, -0.2) is 48.7 Å². The molecular weight excluding hydrogens is 450 g/mol. The van der Waals surface area contributed by atoms with Crippen LogP contribution in [0.15, 0.2) is 42.5 Å². The van der Waals surface area contributed by atoms with Crippen molar-refractivity contribution < 1.29 is 28.6 Å². The lowest BCUT2D eigenvalue weighted by Gasteiger charge is -2.25. The number of ether oxygens (including phenoxy) is 3. The summed E-state index contributed by atoms with van der Waals surface area (Å²) < 4.78 is 15.9. The van der Waals surface area contributed by atoms with Gasteiger partial charge in [0.2, 0.25) is 12.7 Å². The zero-order valence-corrected chi connectivity index (χ0v) is 20.4. The number of urea groups is 1. The number of carbonyl (C=O) groups is 3. The average Bonchev–Trinajstić information content (AvgIpc) is 3.39. The molecule has 4 amide bonds. The van der Waals surface area contributed by atoms with Crippen LogP contribution in [0.25, 0.3) is 0 Å². The summed E-state index contributed by atoms with van der Waals surface area (Å²) in [5.74, 6) is 1.37. The van der Waals surface area contributed by atoms with Crippen LogP contribution < -0.4 is 24.8 Å². The lowest BCUT2D eigenvalue weighted by Crippen LogP contribution is -2.46. The Morgan fingerprint density at radius 2 is 1.86 bits per heavy atom. The molecule has 9 nitrogen and oxygen atoms in total. The number of amides is 4. The van der Waals surface area contributed by atoms with E-state index in [0.717, 1.165) is 21.8 Å². The summed E-state index contributed by atoms with van der Waals surface area (Å²) in [7, 11) is 1.59. The second-order valence-electron chi connectivity index (χ2n) is 9.40. The van der Waals surface area contributed by atoms with E-state index in [-0.39, 0.29) is 25.3 Å². The minimum Gasteiger partial charge on any atom is -0.497 e. The number of hydrogen-bond acceptors (Lipinski definition) is 6. The third kappa shape index (κ3) is 5.18. The minimum atomic E-state index is -1.10. The van der Waals surface area contributed by atoms with E-state index >= 15 is 0 Å². The fourth-order valence-electron chi connectivity index (χ4n) is 4.36. The standard InChI is InChI=1S/C26H31N3O6/c1-16(2)23(18-6-8-19(33-4)9-7-18)27-22(30)14-29-24(31)26(3,28-25(29)32)12-11-17-5-10-20-21(13-17)35-15-34-20/h5-10,13,16,23H,11-12,14-15H2,1-4H3,(H,27,30)(H,28,32)/t23-,26+/m1/s1. The molecule has 4 rings (SSSR count). The van der Waals surface area contributed by atoms with E-state index in [9.17, 15) is 14.4 Å². The van der Waals surface area contributed by atoms with Gasteiger partial charge in [-0.1, -0.05) is 32.0 Å². The Hall–Kier alpha value is -3.75. The van der Waals surface area contributed by atoms with Gasteiger partial charge in [-0.2, -0.15) is 0 Å². The first-order valence-electron chi connectivity index (χ1n) is 11.7. The normalized spacial score (nSPS) is 19.6. The average molecular weight is 482 g/mol. The van der Waals surface area contributed by atoms with Gasteiger partial charge in [-0.05, 0) is 61.1 Å². The first-order valence-corrected chi connectivity index (χ1v) is 11.7. The molecule has 2 aromatic carbocycles. The smallest absolute Gasteiger partial charge is 0.325 e. The quantitative estimate of drug-likeness (QED) is 0.533. The van der Waals surface area contributed by atoms with Crippen molar-refractivity contribution in [3.63, 3.8) is 0 Å². The molecule has 0 spiro atoms. The second kappa shape index (κ2) is 9.85. The highest BCUT2D eigenvalue weighted by molar-refractivity contribution is 6.08. The monoisotopic (exact) mass is 481 g/mol. The highest BCUT2D eigenvalue weighted by atomic mass is 16.7. The summed E-state index contributed by atoms with van der Waals surface area (Å²) in [6, 6.07) is 12.2. The lowest BCUT2D eigenvalue weighted by molar-refractivity contribution is -0.135. The second-order valence-corrected chi connectivity index (χ2v) is 9.40. The number of aryl methyl sites for hydroxylation is 1. The molecule has 2 N–H and O–H groups in total. The van der Waals surface area contributed by atoms with Gasteiger partial charge in [0.05, 0.1) is 13.2 Å². The van der Waals surface area contributed by atoms with E-state index in [1.165, 1.54) is 0 Å². The van der Waals surface area contributed by atoms with E-state index in [1.807, 2.05) is 56.3 Å². The fraction of sp³-hybridized carbons (Fsp3) is 0.423. The summed E-state index contributed by atoms with van der Waals surface area (Å²) >= 11 is 0. The molecule has 0 aromatic heterocycles. The molecular formula is C26H31N3O6. The van der Waals surface area contributed by atoms with E-state index in [2.05, 4.69) is 10.6 Å². The van der Waals surface area contributed by atoms with E-state index < -0.39 is 23.4 Å². The molecule has 0 radical (unpaired) electrons. The molecule has 2 aliphatic rings. The zero-order valence-electron chi connectivity index (χ0n) is 20.4. The predicted molar refractivity (Wildman–Crippen MR) is 128 cm³/mol. The Morgan fingerprint density at radius 3 is 2.54 bits per heavy atom. The molecule has 9 heteroatoms. The third-order valence-electron chi connectivity index (χ3n) is 6.46. The largest absolute Gasteiger partial charge is 0.497 e. The number of methoxy groups -OCH3 is 1. The molecule has 2 aliphatic heterocycles. The summed E-state index contributed by atoms with van der Waals surface area (Å²) in [6.45, 7) is 5.53. The van der Waals surface area contributed by atoms with Crippen molar-refractivity contribution in [2.24, 2.45) is 5.92 Å². The molecule has 186 valence electrons. The number of imide groups is 1. The SMILES string of the molecule is COc1ccc([C@H](NC(=O)CN2C(=O)N[C@@](C)(CCc3ccc4c(c3)OCO4)C2=O)C(C)C)cc1. The number of carbonyl (C=O) groups excluding carboxylic acids is 3. The van der Waals surface area contributed by atoms with Gasteiger partial charge < -0.3 is 24.8 Å². The Kier molecular flexibility index (Phi) is 6.86. The highest BCUT2D eigenvalue weighted by Crippen LogP contribution is 2.33. The van der Waals surface area contributed by atoms with E-state index in [4.69, 9.17) is 14.2 Å². The van der Waals surface area contributed by atoms with Crippen molar-refractivity contribution in [3.8, 4) is 17.2 Å². The van der Waals surface area contributed by atoms with Gasteiger partial charge in [-0.25, -0.2) is 4.79 Å². The zero-order chi connectivity index (χ0) is 25.2. The number of hydrogen-bond donors (Lipinski definition) is 2. The minimum absolute atomic E-state index is 0.0995. The van der Waals surface area contributed by atoms with Crippen molar-refractivity contribution in [1.29, 1.82) is 0 Å². The maximum absolute atomic E-state index is 13.1. The van der Waals surface area contributed by atoms with Gasteiger partial charge in [0.25, 0.3) is 5.91 Å². The molecule has 2 atom stereocenters. The van der Waals surface area contributed by atoms with Crippen LogP contribution in [0.2, 0.25) is 0 Å². The van der Waals surface area contributed by atoms with Crippen LogP contribution in [-0.2, 0) is 16.0 Å². The van der Waals surface area contributed by atoms with Gasteiger partial charge in [-0.15, -0.1) is 0 Å². The fourth-order valence-corrected chi connectivity index (χ4v) is 4.36. The first kappa shape index (κ1) is 24.4. The van der Waals surface area contributed by atoms with Crippen LogP contribution in [0, 0.1) is 5.92 Å². The summed E-state index contributed by atoms with van der Waals surface area (Å²) in [5, 5.41) is 5.73. The number of nitrogens with zero attached hydrogens (tertiary/aromatic N) is 1. The molecule has 35 heavy (non-hydrogen) atoms. The van der Waals surface area contributed by atoms with Gasteiger partial charge in [0.1, 0.15) is 17.8 Å². The van der Waals surface area contributed by atoms with Gasteiger partial charge in [0, 0.05) is 0 Å². The van der Waals surface area contributed by atoms with Crippen molar-refractivity contribution >= 4 is 17.8 Å². The van der Waals surface area contributed by atoms with Gasteiger partial charge >= 0.3 is 6.03 Å². The lowest BCUT2D eigenvalue weighted by atomic mass is 9.93. The molecule has 1 saturated heterocycles. The highest BCUT2D eigenvalue weighted by Gasteiger charge is 2.48. The number of nitrogens with one attached hydrogen (secondary N) is 2. The number of benzene rings is 2. The van der Waals surface area contributed by atoms with Gasteiger partial charge in [-0.3, -0.25) is 14.5 Å². The predicted octanol–water partition coefficient (Wildman–Crippen LogP) is 3.18. The van der Waals surface area contributed by atoms with Crippen LogP contribution >= 0.6 is 0 Å². The first-order chi connectivity index (χ1) is 16.7. The van der Waals surface area contributed by atoms with E-state index in [0.29, 0.717) is 24.3 Å². The van der Waals surface area contributed by atoms with Crippen LogP contribution in [0.1, 0.15) is 44.4 Å². The molecule has 1 fully saturated rings. The van der Waals surface area contributed by atoms with Crippen molar-refractivity contribution in [1.82, 2.24) is 15.5 Å². The Bertz CT molecular complexity index is 1120.